The Balaban J connectivity index is 1.08. The first-order chi connectivity index (χ1) is 19.8. The molecule has 5 rings (SSSR count). The minimum atomic E-state index is -1.67. The van der Waals surface area contributed by atoms with E-state index in [-0.39, 0.29) is 0 Å². The number of hydrogen-bond acceptors (Lipinski definition) is 1. The number of benzene rings is 4. The molecule has 1 aromatic heterocycles. The van der Waals surface area contributed by atoms with E-state index < -0.39 is 7.26 Å². The van der Waals surface area contributed by atoms with Gasteiger partial charge in [0.15, 0.2) is 0 Å². The first-order valence-corrected chi connectivity index (χ1v) is 17.2. The maximum Gasteiger partial charge on any atom is 0.112 e. The van der Waals surface area contributed by atoms with Gasteiger partial charge in [-0.25, -0.2) is 4.98 Å². The topological polar surface area (TPSA) is 17.8 Å². The number of fused-ring (bicyclic) bond motifs is 1. The van der Waals surface area contributed by atoms with Gasteiger partial charge in [-0.1, -0.05) is 105 Å². The highest BCUT2D eigenvalue weighted by atomic mass is 31.2. The van der Waals surface area contributed by atoms with Gasteiger partial charge in [0.25, 0.3) is 0 Å². The quantitative estimate of drug-likeness (QED) is 0.0945. The van der Waals surface area contributed by atoms with Crippen LogP contribution in [0.15, 0.2) is 115 Å². The van der Waals surface area contributed by atoms with E-state index in [1.54, 1.807) is 0 Å². The van der Waals surface area contributed by atoms with E-state index in [1.807, 2.05) is 0 Å². The Kier molecular flexibility index (Phi) is 10.2. The van der Waals surface area contributed by atoms with Crippen LogP contribution in [-0.2, 0) is 6.54 Å². The van der Waals surface area contributed by atoms with Crippen LogP contribution in [0.25, 0.3) is 11.0 Å². The smallest absolute Gasteiger partial charge is 0.112 e. The van der Waals surface area contributed by atoms with Gasteiger partial charge in [-0.3, -0.25) is 0 Å². The zero-order chi connectivity index (χ0) is 27.5. The predicted molar refractivity (Wildman–Crippen MR) is 176 cm³/mol. The number of aromatic nitrogens is 2. The fourth-order valence-electron chi connectivity index (χ4n) is 6.22. The molecule has 0 aliphatic heterocycles. The molecule has 0 radical (unpaired) electrons. The zero-order valence-electron chi connectivity index (χ0n) is 24.1. The summed E-state index contributed by atoms with van der Waals surface area (Å²) in [6.45, 7) is 3.22. The second-order valence-electron chi connectivity index (χ2n) is 11.0. The van der Waals surface area contributed by atoms with E-state index in [0.717, 1.165) is 17.9 Å². The molecule has 0 unspecified atom stereocenters. The molecule has 0 aliphatic rings. The van der Waals surface area contributed by atoms with E-state index in [2.05, 4.69) is 127 Å². The van der Waals surface area contributed by atoms with E-state index in [0.29, 0.717) is 0 Å². The lowest BCUT2D eigenvalue weighted by atomic mass is 10.1. The molecular weight excluding hydrogens is 503 g/mol. The van der Waals surface area contributed by atoms with Crippen LogP contribution in [-0.4, -0.2) is 15.7 Å². The van der Waals surface area contributed by atoms with Crippen LogP contribution in [0.1, 0.15) is 63.6 Å². The van der Waals surface area contributed by atoms with Crippen molar-refractivity contribution >= 4 is 34.2 Å². The minimum Gasteiger partial charge on any atom is -0.328 e. The van der Waals surface area contributed by atoms with Gasteiger partial charge in [-0.2, -0.15) is 0 Å². The number of unbranched alkanes of at least 4 members (excludes halogenated alkanes) is 8. The molecule has 40 heavy (non-hydrogen) atoms. The van der Waals surface area contributed by atoms with Crippen molar-refractivity contribution in [2.24, 2.45) is 0 Å². The van der Waals surface area contributed by atoms with Crippen LogP contribution in [0.2, 0.25) is 0 Å². The molecule has 0 spiro atoms. The summed E-state index contributed by atoms with van der Waals surface area (Å²) in [6, 6.07) is 42.4. The molecular formula is C37H44N2P+. The number of imidazole rings is 1. The monoisotopic (exact) mass is 547 g/mol. The lowest BCUT2D eigenvalue weighted by Gasteiger charge is -2.27. The molecule has 0 aliphatic carbocycles. The number of hydrogen-bond donors (Lipinski definition) is 0. The summed E-state index contributed by atoms with van der Waals surface area (Å²) in [4.78, 5) is 4.71. The Morgan fingerprint density at radius 2 is 0.925 bits per heavy atom. The van der Waals surface area contributed by atoms with Crippen LogP contribution in [0, 0.1) is 6.92 Å². The van der Waals surface area contributed by atoms with Crippen LogP contribution in [0.5, 0.6) is 0 Å². The van der Waals surface area contributed by atoms with E-state index in [1.165, 1.54) is 85.4 Å². The largest absolute Gasteiger partial charge is 0.328 e. The lowest BCUT2D eigenvalue weighted by molar-refractivity contribution is 0.539. The third-order valence-electron chi connectivity index (χ3n) is 8.31. The predicted octanol–water partition coefficient (Wildman–Crippen LogP) is 8.85. The molecule has 2 nitrogen and oxygen atoms in total. The zero-order valence-corrected chi connectivity index (χ0v) is 25.0. The van der Waals surface area contributed by atoms with Gasteiger partial charge in [-0.05, 0) is 74.7 Å². The van der Waals surface area contributed by atoms with Crippen LogP contribution >= 0.6 is 7.26 Å². The van der Waals surface area contributed by atoms with Gasteiger partial charge in [0.2, 0.25) is 0 Å². The van der Waals surface area contributed by atoms with E-state index in [4.69, 9.17) is 4.98 Å². The molecule has 0 saturated heterocycles. The van der Waals surface area contributed by atoms with Crippen LogP contribution in [0.4, 0.5) is 0 Å². The second kappa shape index (κ2) is 14.4. The van der Waals surface area contributed by atoms with Gasteiger partial charge in [-0.15, -0.1) is 0 Å². The van der Waals surface area contributed by atoms with Crippen LogP contribution < -0.4 is 15.9 Å². The summed E-state index contributed by atoms with van der Waals surface area (Å²) in [7, 11) is -1.67. The van der Waals surface area contributed by atoms with Gasteiger partial charge >= 0.3 is 0 Å². The number of nitrogens with zero attached hydrogens (tertiary/aromatic N) is 2. The van der Waals surface area contributed by atoms with Crippen molar-refractivity contribution in [3.05, 3.63) is 121 Å². The van der Waals surface area contributed by atoms with Crippen LogP contribution in [0.3, 0.4) is 0 Å². The van der Waals surface area contributed by atoms with Gasteiger partial charge in [0, 0.05) is 6.54 Å². The van der Waals surface area contributed by atoms with Crippen molar-refractivity contribution in [2.75, 3.05) is 6.16 Å². The normalized spacial score (nSPS) is 11.7. The highest BCUT2D eigenvalue weighted by molar-refractivity contribution is 7.95. The first-order valence-electron chi connectivity index (χ1n) is 15.3. The van der Waals surface area contributed by atoms with Gasteiger partial charge < -0.3 is 4.57 Å². The van der Waals surface area contributed by atoms with Gasteiger partial charge in [0.1, 0.15) is 29.0 Å². The molecule has 4 aromatic carbocycles. The van der Waals surface area contributed by atoms with Crippen molar-refractivity contribution in [1.82, 2.24) is 9.55 Å². The molecule has 0 amide bonds. The van der Waals surface area contributed by atoms with E-state index >= 15 is 0 Å². The summed E-state index contributed by atoms with van der Waals surface area (Å²) >= 11 is 0. The molecule has 0 N–H and O–H groups in total. The highest BCUT2D eigenvalue weighted by Gasteiger charge is 2.44. The summed E-state index contributed by atoms with van der Waals surface area (Å²) < 4.78 is 2.39. The van der Waals surface area contributed by atoms with Gasteiger partial charge in [0.05, 0.1) is 17.2 Å². The second-order valence-corrected chi connectivity index (χ2v) is 14.6. The number of para-hydroxylation sites is 2. The fourth-order valence-corrected chi connectivity index (χ4v) is 10.6. The van der Waals surface area contributed by atoms with Crippen molar-refractivity contribution in [2.45, 2.75) is 71.3 Å². The third kappa shape index (κ3) is 6.73. The molecule has 0 fully saturated rings. The molecule has 3 heteroatoms. The Hall–Kier alpha value is -3.22. The molecule has 1 heterocycles. The average molecular weight is 548 g/mol. The Labute approximate surface area is 241 Å². The standard InChI is InChI=1S/C37H44N2P/c1-32-38-36-28-18-19-29-37(36)39(32)30-20-7-5-3-2-4-6-8-21-31-40(33-22-12-9-13-23-33,34-24-14-10-15-25-34)35-26-16-11-17-27-35/h9-19,22-29H,2-8,20-21,30-31H2,1H3/q+1. The molecule has 0 bridgehead atoms. The highest BCUT2D eigenvalue weighted by Crippen LogP contribution is 2.56. The first kappa shape index (κ1) is 28.3. The van der Waals surface area contributed by atoms with Crippen molar-refractivity contribution in [1.29, 1.82) is 0 Å². The number of rotatable bonds is 15. The lowest BCUT2D eigenvalue weighted by Crippen LogP contribution is -2.33. The summed E-state index contributed by atoms with van der Waals surface area (Å²) in [5, 5.41) is 4.52. The fraction of sp³-hybridized carbons (Fsp3) is 0.324. The SMILES string of the molecule is Cc1nc2ccccc2n1CCCCCCCCCCC[P+](c1ccccc1)(c1ccccc1)c1ccccc1. The van der Waals surface area contributed by atoms with E-state index in [9.17, 15) is 0 Å². The molecule has 0 saturated carbocycles. The van der Waals surface area contributed by atoms with Crippen molar-refractivity contribution < 1.29 is 0 Å². The van der Waals surface area contributed by atoms with Crippen molar-refractivity contribution in [3.8, 4) is 0 Å². The maximum absolute atomic E-state index is 4.71. The third-order valence-corrected chi connectivity index (χ3v) is 12.8. The Morgan fingerprint density at radius 3 is 1.45 bits per heavy atom. The number of aryl methyl sites for hydroxylation is 2. The van der Waals surface area contributed by atoms with Crippen molar-refractivity contribution in [3.63, 3.8) is 0 Å². The molecule has 0 atom stereocenters. The minimum absolute atomic E-state index is 1.08. The Bertz CT molecular complexity index is 1330. The average Bonchev–Trinajstić information content (AvgIpc) is 3.34. The summed E-state index contributed by atoms with van der Waals surface area (Å²) in [5.74, 6) is 1.14. The summed E-state index contributed by atoms with van der Waals surface area (Å²) in [5.41, 5.74) is 2.40. The molecule has 5 aromatic rings. The maximum atomic E-state index is 4.71. The summed E-state index contributed by atoms with van der Waals surface area (Å²) in [6.07, 6.45) is 13.2. The molecule has 206 valence electrons. The Morgan fingerprint density at radius 1 is 0.500 bits per heavy atom.